The zero-order valence-electron chi connectivity index (χ0n) is 12.4. The number of aromatic nitrogens is 2. The van der Waals surface area contributed by atoms with Crippen molar-refractivity contribution in [3.05, 3.63) is 36.5 Å². The zero-order valence-corrected chi connectivity index (χ0v) is 12.4. The molecule has 0 radical (unpaired) electrons. The highest BCUT2D eigenvalue weighted by molar-refractivity contribution is 5.95. The highest BCUT2D eigenvalue weighted by Gasteiger charge is 2.34. The van der Waals surface area contributed by atoms with Crippen molar-refractivity contribution in [2.45, 2.75) is 39.0 Å². The maximum absolute atomic E-state index is 12.6. The van der Waals surface area contributed by atoms with Crippen LogP contribution in [0.15, 0.2) is 36.5 Å². The van der Waals surface area contributed by atoms with E-state index in [0.29, 0.717) is 0 Å². The predicted octanol–water partition coefficient (Wildman–Crippen LogP) is 3.99. The molecule has 1 saturated carbocycles. The molecule has 1 aliphatic rings. The fraction of sp³-hybridized carbons (Fsp3) is 0.412. The summed E-state index contributed by atoms with van der Waals surface area (Å²) in [6.45, 7) is 2.08. The minimum Gasteiger partial charge on any atom is -0.326 e. The molecule has 1 aliphatic carbocycles. The molecule has 1 amide bonds. The van der Waals surface area contributed by atoms with E-state index in [1.54, 1.807) is 6.20 Å². The van der Waals surface area contributed by atoms with Crippen LogP contribution in [0.4, 0.5) is 5.69 Å². The number of carbonyl (C=O) groups is 1. The number of amides is 1. The lowest BCUT2D eigenvalue weighted by Gasteiger charge is -2.32. The Hall–Kier alpha value is -2.10. The minimum atomic E-state index is -0.220. The Morgan fingerprint density at radius 3 is 2.76 bits per heavy atom. The van der Waals surface area contributed by atoms with Gasteiger partial charge in [-0.05, 0) is 31.0 Å². The number of benzene rings is 1. The standard InChI is InChI=1S/C17H21N3O/c1-17(9-3-2-4-10-17)16(21)19-14-7-5-6-13(12-14)15-8-11-18-20-15/h5-8,11-12H,2-4,9-10H2,1H3,(H,18,20)(H,19,21). The van der Waals surface area contributed by atoms with Gasteiger partial charge in [-0.1, -0.05) is 38.3 Å². The first-order valence-electron chi connectivity index (χ1n) is 7.59. The summed E-state index contributed by atoms with van der Waals surface area (Å²) in [4.78, 5) is 12.6. The van der Waals surface area contributed by atoms with Gasteiger partial charge < -0.3 is 5.32 Å². The Morgan fingerprint density at radius 1 is 1.24 bits per heavy atom. The van der Waals surface area contributed by atoms with Gasteiger partial charge in [-0.25, -0.2) is 0 Å². The smallest absolute Gasteiger partial charge is 0.230 e. The van der Waals surface area contributed by atoms with Gasteiger partial charge in [0.15, 0.2) is 0 Å². The van der Waals surface area contributed by atoms with Crippen LogP contribution in [0.1, 0.15) is 39.0 Å². The Bertz CT molecular complexity index is 613. The molecule has 0 aliphatic heterocycles. The Balaban J connectivity index is 1.76. The Kier molecular flexibility index (Phi) is 3.78. The number of rotatable bonds is 3. The molecule has 21 heavy (non-hydrogen) atoms. The minimum absolute atomic E-state index is 0.143. The van der Waals surface area contributed by atoms with Crippen LogP contribution < -0.4 is 5.32 Å². The molecule has 1 fully saturated rings. The predicted molar refractivity (Wildman–Crippen MR) is 83.8 cm³/mol. The quantitative estimate of drug-likeness (QED) is 0.895. The molecule has 0 spiro atoms. The summed E-state index contributed by atoms with van der Waals surface area (Å²) >= 11 is 0. The van der Waals surface area contributed by atoms with Crippen LogP contribution in [0.2, 0.25) is 0 Å². The third-order valence-corrected chi connectivity index (χ3v) is 4.44. The van der Waals surface area contributed by atoms with Gasteiger partial charge in [0.2, 0.25) is 5.91 Å². The van der Waals surface area contributed by atoms with Gasteiger partial charge in [-0.2, -0.15) is 5.10 Å². The molecule has 3 rings (SSSR count). The number of hydrogen-bond acceptors (Lipinski definition) is 2. The fourth-order valence-electron chi connectivity index (χ4n) is 3.02. The third kappa shape index (κ3) is 2.99. The van der Waals surface area contributed by atoms with Crippen LogP contribution in [0.3, 0.4) is 0 Å². The molecule has 0 unspecified atom stereocenters. The van der Waals surface area contributed by atoms with E-state index in [2.05, 4.69) is 22.4 Å². The first-order valence-corrected chi connectivity index (χ1v) is 7.59. The van der Waals surface area contributed by atoms with Gasteiger partial charge in [-0.15, -0.1) is 0 Å². The molecule has 1 heterocycles. The van der Waals surface area contributed by atoms with Gasteiger partial charge in [-0.3, -0.25) is 9.89 Å². The molecule has 2 aromatic rings. The summed E-state index contributed by atoms with van der Waals surface area (Å²) in [7, 11) is 0. The van der Waals surface area contributed by atoms with Crippen LogP contribution in [0.5, 0.6) is 0 Å². The molecule has 1 aromatic heterocycles. The molecule has 4 heteroatoms. The average Bonchev–Trinajstić information content (AvgIpc) is 3.02. The summed E-state index contributed by atoms with van der Waals surface area (Å²) in [5, 5.41) is 9.98. The van der Waals surface area contributed by atoms with E-state index >= 15 is 0 Å². The maximum Gasteiger partial charge on any atom is 0.230 e. The molecular formula is C17H21N3O. The second-order valence-corrected chi connectivity index (χ2v) is 6.13. The first-order chi connectivity index (χ1) is 10.2. The molecule has 0 bridgehead atoms. The monoisotopic (exact) mass is 283 g/mol. The van der Waals surface area contributed by atoms with Crippen LogP contribution in [0, 0.1) is 5.41 Å². The Labute approximate surface area is 125 Å². The molecule has 110 valence electrons. The zero-order chi connectivity index (χ0) is 14.7. The number of carbonyl (C=O) groups excluding carboxylic acids is 1. The highest BCUT2D eigenvalue weighted by atomic mass is 16.2. The largest absolute Gasteiger partial charge is 0.326 e. The van der Waals surface area contributed by atoms with Crippen LogP contribution in [-0.2, 0) is 4.79 Å². The van der Waals surface area contributed by atoms with Crippen molar-refractivity contribution in [2.75, 3.05) is 5.32 Å². The molecule has 0 atom stereocenters. The summed E-state index contributed by atoms with van der Waals surface area (Å²) < 4.78 is 0. The van der Waals surface area contributed by atoms with Crippen molar-refractivity contribution in [1.29, 1.82) is 0 Å². The third-order valence-electron chi connectivity index (χ3n) is 4.44. The van der Waals surface area contributed by atoms with E-state index in [-0.39, 0.29) is 11.3 Å². The van der Waals surface area contributed by atoms with E-state index in [4.69, 9.17) is 0 Å². The first kappa shape index (κ1) is 13.9. The maximum atomic E-state index is 12.6. The summed E-state index contributed by atoms with van der Waals surface area (Å²) in [5.41, 5.74) is 2.61. The lowest BCUT2D eigenvalue weighted by molar-refractivity contribution is -0.126. The van der Waals surface area contributed by atoms with Crippen LogP contribution in [0.25, 0.3) is 11.3 Å². The van der Waals surface area contributed by atoms with E-state index in [1.807, 2.05) is 30.3 Å². The highest BCUT2D eigenvalue weighted by Crippen LogP contribution is 2.36. The van der Waals surface area contributed by atoms with Crippen molar-refractivity contribution in [3.8, 4) is 11.3 Å². The topological polar surface area (TPSA) is 57.8 Å². The molecular weight excluding hydrogens is 262 g/mol. The van der Waals surface area contributed by atoms with Crippen molar-refractivity contribution in [3.63, 3.8) is 0 Å². The van der Waals surface area contributed by atoms with Crippen molar-refractivity contribution < 1.29 is 4.79 Å². The Morgan fingerprint density at radius 2 is 2.05 bits per heavy atom. The second kappa shape index (κ2) is 5.72. The molecule has 4 nitrogen and oxygen atoms in total. The number of anilines is 1. The fourth-order valence-corrected chi connectivity index (χ4v) is 3.02. The SMILES string of the molecule is CC1(C(=O)Nc2cccc(-c3ccn[nH]3)c2)CCCCC1. The van der Waals surface area contributed by atoms with Gasteiger partial charge in [0.05, 0.1) is 5.69 Å². The number of nitrogens with one attached hydrogen (secondary N) is 2. The van der Waals surface area contributed by atoms with Gasteiger partial charge in [0, 0.05) is 22.9 Å². The molecule has 2 N–H and O–H groups in total. The average molecular weight is 283 g/mol. The van der Waals surface area contributed by atoms with Gasteiger partial charge >= 0.3 is 0 Å². The summed E-state index contributed by atoms with van der Waals surface area (Å²) in [6.07, 6.45) is 7.25. The second-order valence-electron chi connectivity index (χ2n) is 6.13. The lowest BCUT2D eigenvalue weighted by atomic mass is 9.75. The van der Waals surface area contributed by atoms with E-state index in [0.717, 1.165) is 42.6 Å². The normalized spacial score (nSPS) is 17.4. The number of aromatic amines is 1. The van der Waals surface area contributed by atoms with Gasteiger partial charge in [0.1, 0.15) is 0 Å². The van der Waals surface area contributed by atoms with Crippen LogP contribution in [-0.4, -0.2) is 16.1 Å². The van der Waals surface area contributed by atoms with Crippen LogP contribution >= 0.6 is 0 Å². The van der Waals surface area contributed by atoms with Crippen molar-refractivity contribution in [1.82, 2.24) is 10.2 Å². The van der Waals surface area contributed by atoms with E-state index < -0.39 is 0 Å². The number of nitrogens with zero attached hydrogens (tertiary/aromatic N) is 1. The molecule has 1 aromatic carbocycles. The number of H-pyrrole nitrogens is 1. The van der Waals surface area contributed by atoms with Gasteiger partial charge in [0.25, 0.3) is 0 Å². The number of hydrogen-bond donors (Lipinski definition) is 2. The summed E-state index contributed by atoms with van der Waals surface area (Å²) in [5.74, 6) is 0.143. The van der Waals surface area contributed by atoms with E-state index in [9.17, 15) is 4.79 Å². The van der Waals surface area contributed by atoms with Crippen molar-refractivity contribution in [2.24, 2.45) is 5.41 Å². The lowest BCUT2D eigenvalue weighted by Crippen LogP contribution is -2.35. The summed E-state index contributed by atoms with van der Waals surface area (Å²) in [6, 6.07) is 9.80. The van der Waals surface area contributed by atoms with E-state index in [1.165, 1.54) is 6.42 Å². The van der Waals surface area contributed by atoms with Crippen molar-refractivity contribution >= 4 is 11.6 Å². The molecule has 0 saturated heterocycles.